The second-order valence-corrected chi connectivity index (χ2v) is 16.2. The van der Waals surface area contributed by atoms with Crippen molar-refractivity contribution in [3.8, 4) is 22.9 Å². The van der Waals surface area contributed by atoms with E-state index in [-0.39, 0.29) is 39.9 Å². The second kappa shape index (κ2) is 18.2. The normalized spacial score (nSPS) is 12.5. The van der Waals surface area contributed by atoms with Gasteiger partial charge in [0, 0.05) is 58.5 Å². The summed E-state index contributed by atoms with van der Waals surface area (Å²) in [4.78, 5) is 37.6. The number of amidine groups is 1. The molecule has 3 N–H and O–H groups in total. The predicted octanol–water partition coefficient (Wildman–Crippen LogP) is 10.1. The first kappa shape index (κ1) is 43.2. The molecule has 290 valence electrons. The Labute approximate surface area is 317 Å². The van der Waals surface area contributed by atoms with Crippen LogP contribution in [0.25, 0.3) is 27.8 Å². The molecule has 4 aromatic rings. The van der Waals surface area contributed by atoms with Crippen molar-refractivity contribution in [1.82, 2.24) is 9.97 Å². The van der Waals surface area contributed by atoms with Gasteiger partial charge in [0.2, 0.25) is 18.3 Å². The number of rotatable bonds is 17. The van der Waals surface area contributed by atoms with Crippen molar-refractivity contribution in [3.63, 3.8) is 0 Å². The van der Waals surface area contributed by atoms with Crippen LogP contribution in [0.4, 0.5) is 8.78 Å². The van der Waals surface area contributed by atoms with Crippen LogP contribution in [0.15, 0.2) is 75.0 Å². The fraction of sp³-hybridized carbons (Fsp3) is 0.476. The van der Waals surface area contributed by atoms with Crippen molar-refractivity contribution >= 4 is 17.4 Å². The summed E-state index contributed by atoms with van der Waals surface area (Å²) in [6, 6.07) is 11.9. The molecule has 2 aromatic heterocycles. The third-order valence-corrected chi connectivity index (χ3v) is 10.0. The summed E-state index contributed by atoms with van der Waals surface area (Å²) in [5, 5.41) is 11.6. The molecule has 0 amide bonds. The highest BCUT2D eigenvalue weighted by molar-refractivity contribution is 5.86. The lowest BCUT2D eigenvalue weighted by molar-refractivity contribution is -0.128. The first-order valence-corrected chi connectivity index (χ1v) is 18.0. The first-order chi connectivity index (χ1) is 25.2. The monoisotopic (exact) mass is 745 g/mol. The summed E-state index contributed by atoms with van der Waals surface area (Å²) in [5.41, 5.74) is 6.70. The van der Waals surface area contributed by atoms with E-state index in [0.717, 1.165) is 11.4 Å². The van der Waals surface area contributed by atoms with Gasteiger partial charge in [0.1, 0.15) is 41.6 Å². The molecule has 0 aliphatic rings. The number of oxime groups is 1. The molecular weight excluding hydrogens is 692 g/mol. The maximum atomic E-state index is 13.1. The first-order valence-electron chi connectivity index (χ1n) is 18.0. The van der Waals surface area contributed by atoms with Crippen LogP contribution in [-0.4, -0.2) is 39.1 Å². The van der Waals surface area contributed by atoms with E-state index in [1.54, 1.807) is 36.8 Å². The maximum absolute atomic E-state index is 13.1. The fourth-order valence-electron chi connectivity index (χ4n) is 5.51. The molecule has 0 aliphatic heterocycles. The number of aromatic nitrogens is 2. The van der Waals surface area contributed by atoms with Crippen LogP contribution >= 0.6 is 0 Å². The predicted molar refractivity (Wildman–Crippen MR) is 205 cm³/mol. The molecule has 0 bridgehead atoms. The van der Waals surface area contributed by atoms with E-state index in [1.807, 2.05) is 55.4 Å². The Bertz CT molecular complexity index is 1920. The maximum Gasteiger partial charge on any atom is 0.226 e. The number of Topliss-reactive ketones (excluding diaryl/α,β-unsaturated/α-hetero) is 2. The Morgan fingerprint density at radius 2 is 1.09 bits per heavy atom. The highest BCUT2D eigenvalue weighted by Crippen LogP contribution is 2.35. The zero-order valence-corrected chi connectivity index (χ0v) is 32.6. The lowest BCUT2D eigenvalue weighted by atomic mass is 9.77. The van der Waals surface area contributed by atoms with Crippen LogP contribution < -0.4 is 5.73 Å². The van der Waals surface area contributed by atoms with Crippen LogP contribution in [0.2, 0.25) is 0 Å². The molecule has 0 aliphatic carbocycles. The van der Waals surface area contributed by atoms with E-state index in [1.165, 1.54) is 24.3 Å². The highest BCUT2D eigenvalue weighted by Gasteiger charge is 2.33. The molecule has 0 spiro atoms. The third kappa shape index (κ3) is 12.2. The van der Waals surface area contributed by atoms with Crippen LogP contribution in [-0.2, 0) is 20.4 Å². The minimum absolute atomic E-state index is 0.119. The van der Waals surface area contributed by atoms with Gasteiger partial charge in [0.25, 0.3) is 0 Å². The summed E-state index contributed by atoms with van der Waals surface area (Å²) >= 11 is 0. The van der Waals surface area contributed by atoms with E-state index < -0.39 is 10.8 Å². The minimum Gasteiger partial charge on any atom is -0.444 e. The highest BCUT2D eigenvalue weighted by atomic mass is 19.1. The number of carbonyl (C=O) groups is 2. The van der Waals surface area contributed by atoms with Gasteiger partial charge in [-0.3, -0.25) is 9.59 Å². The van der Waals surface area contributed by atoms with Crippen molar-refractivity contribution < 1.29 is 32.4 Å². The Kier molecular flexibility index (Phi) is 14.6. The number of benzene rings is 2. The molecule has 0 radical (unpaired) electrons. The van der Waals surface area contributed by atoms with Crippen LogP contribution in [0.3, 0.4) is 0 Å². The summed E-state index contributed by atoms with van der Waals surface area (Å²) in [7, 11) is 0. The Balaban J connectivity index is 0.000000291. The molecule has 54 heavy (non-hydrogen) atoms. The number of nitrogens with two attached hydrogens (primary N) is 1. The molecule has 0 fully saturated rings. The largest absolute Gasteiger partial charge is 0.444 e. The fourth-order valence-corrected chi connectivity index (χ4v) is 5.51. The van der Waals surface area contributed by atoms with Gasteiger partial charge in [0.05, 0.1) is 11.4 Å². The van der Waals surface area contributed by atoms with E-state index in [9.17, 15) is 18.4 Å². The zero-order valence-electron chi connectivity index (χ0n) is 32.6. The van der Waals surface area contributed by atoms with Crippen LogP contribution in [0, 0.1) is 29.0 Å². The number of halogens is 2. The van der Waals surface area contributed by atoms with Crippen molar-refractivity contribution in [1.29, 1.82) is 0 Å². The van der Waals surface area contributed by atoms with E-state index in [2.05, 4.69) is 20.0 Å². The zero-order chi connectivity index (χ0) is 40.3. The van der Waals surface area contributed by atoms with Gasteiger partial charge in [-0.1, -0.05) is 60.5 Å². The van der Waals surface area contributed by atoms with Gasteiger partial charge in [-0.05, 0) is 67.8 Å². The number of ketones is 2. The van der Waals surface area contributed by atoms with Crippen molar-refractivity contribution in [2.45, 2.75) is 111 Å². The SMILES string of the molecule is CC(C)(CC/C(N)=N/O)C(=O)CCC(C)(C)c1coc(-c2ccc(F)cc2)n1.[C-]#[N+]CCC(C)(C)C(=O)CCC(C)(C)c1coc(-c2ccc(F)cc2)n1. The average molecular weight is 746 g/mol. The molecule has 2 heterocycles. The van der Waals surface area contributed by atoms with E-state index in [0.29, 0.717) is 74.4 Å². The number of oxazole rings is 2. The Morgan fingerprint density at radius 1 is 0.704 bits per heavy atom. The van der Waals surface area contributed by atoms with E-state index >= 15 is 0 Å². The minimum atomic E-state index is -0.561. The van der Waals surface area contributed by atoms with Crippen LogP contribution in [0.5, 0.6) is 0 Å². The van der Waals surface area contributed by atoms with Gasteiger partial charge >= 0.3 is 0 Å². The molecule has 4 rings (SSSR count). The molecule has 0 unspecified atom stereocenters. The van der Waals surface area contributed by atoms with Crippen molar-refractivity contribution in [3.05, 3.63) is 95.5 Å². The third-order valence-electron chi connectivity index (χ3n) is 10.0. The molecular formula is C42H53F2N5O5. The van der Waals surface area contributed by atoms with Gasteiger partial charge in [0.15, 0.2) is 0 Å². The summed E-state index contributed by atoms with van der Waals surface area (Å²) in [6.45, 7) is 22.9. The molecule has 2 aromatic carbocycles. The summed E-state index contributed by atoms with van der Waals surface area (Å²) in [5.74, 6) is 0.650. The Hall–Kier alpha value is -5.18. The number of carbonyl (C=O) groups excluding carboxylic acids is 2. The average Bonchev–Trinajstić information content (AvgIpc) is 3.84. The van der Waals surface area contributed by atoms with Crippen molar-refractivity contribution in [2.75, 3.05) is 6.54 Å². The van der Waals surface area contributed by atoms with Gasteiger partial charge in [-0.15, -0.1) is 0 Å². The molecule has 12 heteroatoms. The quantitative estimate of drug-likeness (QED) is 0.0357. The lowest BCUT2D eigenvalue weighted by Gasteiger charge is -2.26. The number of hydrogen-bond donors (Lipinski definition) is 2. The Morgan fingerprint density at radius 3 is 1.46 bits per heavy atom. The number of nitrogens with zero attached hydrogens (tertiary/aromatic N) is 4. The molecule has 0 atom stereocenters. The van der Waals surface area contributed by atoms with E-state index in [4.69, 9.17) is 26.3 Å². The lowest BCUT2D eigenvalue weighted by Crippen LogP contribution is -2.28. The topological polar surface area (TPSA) is 149 Å². The smallest absolute Gasteiger partial charge is 0.226 e. The standard InChI is InChI=1S/C21H28FN3O3.C21H25FN2O2/c1-20(2,11-9-17(26)21(3,4)12-10-18(23)25-27)16-13-28-19(24-16)14-5-7-15(22)8-6-14;1-20(2,11-10-18(25)21(3,4)12-13-23-5)17-14-26-19(24-17)15-6-8-16(22)9-7-15/h5-8,13,27H,9-12H2,1-4H3,(H2,23,25);6-9,14H,10-13H2,1-4H3. The van der Waals surface area contributed by atoms with Gasteiger partial charge in [-0.25, -0.2) is 25.3 Å². The summed E-state index contributed by atoms with van der Waals surface area (Å²) in [6.07, 6.45) is 6.71. The summed E-state index contributed by atoms with van der Waals surface area (Å²) < 4.78 is 37.2. The van der Waals surface area contributed by atoms with Gasteiger partial charge < -0.3 is 24.6 Å². The second-order valence-electron chi connectivity index (χ2n) is 16.2. The van der Waals surface area contributed by atoms with Crippen LogP contribution in [0.1, 0.15) is 112 Å². The molecule has 0 saturated carbocycles. The van der Waals surface area contributed by atoms with Gasteiger partial charge in [-0.2, -0.15) is 0 Å². The molecule has 10 nitrogen and oxygen atoms in total. The molecule has 0 saturated heterocycles. The number of hydrogen-bond acceptors (Lipinski definition) is 8. The van der Waals surface area contributed by atoms with Crippen molar-refractivity contribution in [2.24, 2.45) is 21.7 Å².